The maximum atomic E-state index is 4.37. The highest BCUT2D eigenvalue weighted by molar-refractivity contribution is 4.98. The van der Waals surface area contributed by atoms with Gasteiger partial charge in [-0.1, -0.05) is 20.3 Å². The highest BCUT2D eigenvalue weighted by atomic mass is 15.1. The van der Waals surface area contributed by atoms with Crippen LogP contribution in [0.1, 0.15) is 38.6 Å². The maximum Gasteiger partial charge on any atom is 0.125 e. The third kappa shape index (κ3) is 2.58. The number of aryl methyl sites for hydroxylation is 1. The van der Waals surface area contributed by atoms with Gasteiger partial charge in [0.25, 0.3) is 0 Å². The molecule has 1 N–H and O–H groups in total. The summed E-state index contributed by atoms with van der Waals surface area (Å²) in [6, 6.07) is 0.380. The molecule has 0 spiro atoms. The lowest BCUT2D eigenvalue weighted by Crippen LogP contribution is -2.22. The van der Waals surface area contributed by atoms with Crippen LogP contribution >= 0.6 is 0 Å². The number of nitrogens with one attached hydrogen (secondary N) is 1. The predicted octanol–water partition coefficient (Wildman–Crippen LogP) is 2.12. The van der Waals surface area contributed by atoms with E-state index in [1.165, 1.54) is 6.42 Å². The van der Waals surface area contributed by atoms with E-state index in [0.717, 1.165) is 18.2 Å². The number of imidazole rings is 1. The molecule has 0 aliphatic heterocycles. The zero-order valence-electron chi connectivity index (χ0n) is 9.62. The number of aromatic nitrogens is 2. The molecule has 0 amide bonds. The van der Waals surface area contributed by atoms with E-state index in [1.54, 1.807) is 0 Å². The van der Waals surface area contributed by atoms with Gasteiger partial charge in [-0.05, 0) is 19.4 Å². The van der Waals surface area contributed by atoms with Gasteiger partial charge in [0.05, 0.1) is 6.04 Å². The Balaban J connectivity index is 2.67. The highest BCUT2D eigenvalue weighted by Crippen LogP contribution is 2.20. The second-order valence-electron chi connectivity index (χ2n) is 3.99. The van der Waals surface area contributed by atoms with Crippen molar-refractivity contribution >= 4 is 0 Å². The molecule has 0 aliphatic carbocycles. The lowest BCUT2D eigenvalue weighted by Gasteiger charge is -2.19. The van der Waals surface area contributed by atoms with Gasteiger partial charge in [0.15, 0.2) is 0 Å². The summed E-state index contributed by atoms with van der Waals surface area (Å²) in [4.78, 5) is 4.37. The topological polar surface area (TPSA) is 29.9 Å². The first-order chi connectivity index (χ1) is 6.69. The van der Waals surface area contributed by atoms with Crippen molar-refractivity contribution in [3.8, 4) is 0 Å². The Bertz CT molecular complexity index is 267. The monoisotopic (exact) mass is 195 g/mol. The van der Waals surface area contributed by atoms with Crippen molar-refractivity contribution < 1.29 is 0 Å². The highest BCUT2D eigenvalue weighted by Gasteiger charge is 2.15. The van der Waals surface area contributed by atoms with Crippen LogP contribution in [0.15, 0.2) is 12.4 Å². The van der Waals surface area contributed by atoms with E-state index in [9.17, 15) is 0 Å². The molecule has 3 heteroatoms. The average molecular weight is 195 g/mol. The Morgan fingerprint density at radius 3 is 2.71 bits per heavy atom. The van der Waals surface area contributed by atoms with Gasteiger partial charge in [0, 0.05) is 19.4 Å². The van der Waals surface area contributed by atoms with E-state index >= 15 is 0 Å². The molecule has 1 rings (SSSR count). The second-order valence-corrected chi connectivity index (χ2v) is 3.99. The van der Waals surface area contributed by atoms with Crippen LogP contribution in [-0.2, 0) is 7.05 Å². The molecule has 0 saturated heterocycles. The Labute approximate surface area is 86.5 Å². The van der Waals surface area contributed by atoms with Gasteiger partial charge in [-0.25, -0.2) is 4.98 Å². The molecule has 2 atom stereocenters. The van der Waals surface area contributed by atoms with E-state index in [1.807, 2.05) is 26.5 Å². The minimum atomic E-state index is 0.380. The smallest absolute Gasteiger partial charge is 0.125 e. The summed E-state index contributed by atoms with van der Waals surface area (Å²) in [5.74, 6) is 1.87. The summed E-state index contributed by atoms with van der Waals surface area (Å²) in [6.45, 7) is 4.52. The molecule has 0 saturated carbocycles. The molecule has 1 heterocycles. The van der Waals surface area contributed by atoms with Crippen LogP contribution in [-0.4, -0.2) is 16.6 Å². The molecule has 80 valence electrons. The van der Waals surface area contributed by atoms with Gasteiger partial charge < -0.3 is 9.88 Å². The zero-order chi connectivity index (χ0) is 10.6. The maximum absolute atomic E-state index is 4.37. The Kier molecular flexibility index (Phi) is 4.14. The van der Waals surface area contributed by atoms with Gasteiger partial charge in [-0.15, -0.1) is 0 Å². The summed E-state index contributed by atoms with van der Waals surface area (Å²) >= 11 is 0. The van der Waals surface area contributed by atoms with Crippen LogP contribution in [0.4, 0.5) is 0 Å². The summed E-state index contributed by atoms with van der Waals surface area (Å²) in [5.41, 5.74) is 0. The van der Waals surface area contributed by atoms with Gasteiger partial charge in [-0.3, -0.25) is 0 Å². The number of hydrogen-bond donors (Lipinski definition) is 1. The fraction of sp³-hybridized carbons (Fsp3) is 0.727. The van der Waals surface area contributed by atoms with Crippen molar-refractivity contribution in [1.82, 2.24) is 14.9 Å². The molecule has 3 nitrogen and oxygen atoms in total. The largest absolute Gasteiger partial charge is 0.337 e. The molecule has 0 bridgehead atoms. The molecule has 1 aromatic heterocycles. The van der Waals surface area contributed by atoms with Gasteiger partial charge in [-0.2, -0.15) is 0 Å². The molecule has 2 unspecified atom stereocenters. The first-order valence-corrected chi connectivity index (χ1v) is 5.33. The van der Waals surface area contributed by atoms with Gasteiger partial charge in [0.2, 0.25) is 0 Å². The van der Waals surface area contributed by atoms with Crippen molar-refractivity contribution in [3.63, 3.8) is 0 Å². The normalized spacial score (nSPS) is 15.4. The van der Waals surface area contributed by atoms with Crippen molar-refractivity contribution in [2.24, 2.45) is 13.0 Å². The van der Waals surface area contributed by atoms with Crippen molar-refractivity contribution in [2.75, 3.05) is 7.05 Å². The number of hydrogen-bond acceptors (Lipinski definition) is 2. The van der Waals surface area contributed by atoms with Gasteiger partial charge in [0.1, 0.15) is 5.82 Å². The van der Waals surface area contributed by atoms with Crippen molar-refractivity contribution in [1.29, 1.82) is 0 Å². The standard InChI is InChI=1S/C11H21N3/c1-5-9(2)8-10(12-3)11-13-6-7-14(11)4/h6-7,9-10,12H,5,8H2,1-4H3. The van der Waals surface area contributed by atoms with E-state index in [-0.39, 0.29) is 0 Å². The molecular formula is C11H21N3. The minimum Gasteiger partial charge on any atom is -0.337 e. The van der Waals surface area contributed by atoms with Crippen LogP contribution in [0.5, 0.6) is 0 Å². The van der Waals surface area contributed by atoms with Crippen LogP contribution in [0.2, 0.25) is 0 Å². The summed E-state index contributed by atoms with van der Waals surface area (Å²) in [7, 11) is 4.05. The Hall–Kier alpha value is -0.830. The molecule has 1 aromatic rings. The van der Waals surface area contributed by atoms with E-state index in [4.69, 9.17) is 0 Å². The molecule has 0 aliphatic rings. The fourth-order valence-corrected chi connectivity index (χ4v) is 1.63. The summed E-state index contributed by atoms with van der Waals surface area (Å²) < 4.78 is 2.09. The molecular weight excluding hydrogens is 174 g/mol. The summed E-state index contributed by atoms with van der Waals surface area (Å²) in [6.07, 6.45) is 6.23. The summed E-state index contributed by atoms with van der Waals surface area (Å²) in [5, 5.41) is 3.33. The minimum absolute atomic E-state index is 0.380. The Morgan fingerprint density at radius 2 is 2.29 bits per heavy atom. The number of nitrogens with zero attached hydrogens (tertiary/aromatic N) is 2. The van der Waals surface area contributed by atoms with E-state index in [2.05, 4.69) is 28.7 Å². The Morgan fingerprint density at radius 1 is 1.57 bits per heavy atom. The van der Waals surface area contributed by atoms with Crippen molar-refractivity contribution in [3.05, 3.63) is 18.2 Å². The third-order valence-electron chi connectivity index (χ3n) is 2.85. The number of rotatable bonds is 5. The van der Waals surface area contributed by atoms with Crippen LogP contribution < -0.4 is 5.32 Å². The molecule has 0 aromatic carbocycles. The van der Waals surface area contributed by atoms with Crippen molar-refractivity contribution in [2.45, 2.75) is 32.7 Å². The van der Waals surface area contributed by atoms with Crippen LogP contribution in [0, 0.1) is 5.92 Å². The lowest BCUT2D eigenvalue weighted by atomic mass is 9.99. The molecule has 0 radical (unpaired) electrons. The lowest BCUT2D eigenvalue weighted by molar-refractivity contribution is 0.402. The molecule has 0 fully saturated rings. The second kappa shape index (κ2) is 5.15. The zero-order valence-corrected chi connectivity index (χ0v) is 9.62. The SMILES string of the molecule is CCC(C)CC(NC)c1nccn1C. The molecule has 14 heavy (non-hydrogen) atoms. The predicted molar refractivity (Wildman–Crippen MR) is 59.1 cm³/mol. The van der Waals surface area contributed by atoms with Crippen LogP contribution in [0.25, 0.3) is 0 Å². The van der Waals surface area contributed by atoms with E-state index in [0.29, 0.717) is 6.04 Å². The fourth-order valence-electron chi connectivity index (χ4n) is 1.63. The first kappa shape index (κ1) is 11.2. The quantitative estimate of drug-likeness (QED) is 0.780. The van der Waals surface area contributed by atoms with E-state index < -0.39 is 0 Å². The van der Waals surface area contributed by atoms with Gasteiger partial charge >= 0.3 is 0 Å². The third-order valence-corrected chi connectivity index (χ3v) is 2.85. The first-order valence-electron chi connectivity index (χ1n) is 5.33. The average Bonchev–Trinajstić information content (AvgIpc) is 2.60. The van der Waals surface area contributed by atoms with Crippen LogP contribution in [0.3, 0.4) is 0 Å².